The number of allylic oxidation sites excluding steroid dienone is 2. The quantitative estimate of drug-likeness (QED) is 0.191. The Balaban J connectivity index is 1.32. The van der Waals surface area contributed by atoms with Crippen molar-refractivity contribution in [3.8, 4) is 5.88 Å². The van der Waals surface area contributed by atoms with E-state index in [1.54, 1.807) is 31.5 Å². The Kier molecular flexibility index (Phi) is 11.1. The lowest BCUT2D eigenvalue weighted by Crippen LogP contribution is -2.51. The van der Waals surface area contributed by atoms with Gasteiger partial charge < -0.3 is 26.0 Å². The Morgan fingerprint density at radius 2 is 1.88 bits per heavy atom. The molecule has 2 fully saturated rings. The zero-order chi connectivity index (χ0) is 35.3. The number of piperidine rings is 1. The molecule has 2 amide bonds. The van der Waals surface area contributed by atoms with Gasteiger partial charge in [0.15, 0.2) is 16.0 Å². The summed E-state index contributed by atoms with van der Waals surface area (Å²) in [6.45, 7) is 2.75. The fourth-order valence-corrected chi connectivity index (χ4v) is 7.68. The summed E-state index contributed by atoms with van der Waals surface area (Å²) in [5, 5.41) is 12.4. The first-order chi connectivity index (χ1) is 24.1. The normalized spacial score (nSPS) is 22.1. The van der Waals surface area contributed by atoms with Crippen molar-refractivity contribution < 1.29 is 18.7 Å². The highest BCUT2D eigenvalue weighted by molar-refractivity contribution is 6.55. The number of rotatable bonds is 12. The van der Waals surface area contributed by atoms with Crippen molar-refractivity contribution in [1.29, 1.82) is 0 Å². The van der Waals surface area contributed by atoms with E-state index >= 15 is 4.39 Å². The minimum Gasteiger partial charge on any atom is -0.481 e. The smallest absolute Gasteiger partial charge is 0.222 e. The van der Waals surface area contributed by atoms with E-state index in [1.165, 1.54) is 7.11 Å². The molecule has 0 spiro atoms. The van der Waals surface area contributed by atoms with E-state index < -0.39 is 15.7 Å². The molecule has 0 bridgehead atoms. The summed E-state index contributed by atoms with van der Waals surface area (Å²) in [6.07, 6.45) is 9.74. The second-order valence-corrected chi connectivity index (χ2v) is 14.2. The largest absolute Gasteiger partial charge is 0.481 e. The number of hydrogen-bond acceptors (Lipinski definition) is 8. The molecule has 0 saturated carbocycles. The number of benzene rings is 1. The molecule has 2 aliphatic heterocycles. The Morgan fingerprint density at radius 1 is 1.10 bits per heavy atom. The number of likely N-dealkylation sites (tertiary alicyclic amines) is 1. The Labute approximate surface area is 301 Å². The maximum atomic E-state index is 16.5. The molecule has 264 valence electrons. The summed E-state index contributed by atoms with van der Waals surface area (Å²) >= 11 is 14.9. The molecule has 3 aliphatic rings. The van der Waals surface area contributed by atoms with E-state index in [0.29, 0.717) is 74.7 Å². The molecular weight excluding hydrogens is 680 g/mol. The second-order valence-electron chi connectivity index (χ2n) is 12.9. The number of halogens is 3. The number of amides is 2. The number of alkyl halides is 2. The number of methoxy groups -OCH3 is 1. The minimum atomic E-state index is -1.70. The molecule has 2 aromatic heterocycles. The molecule has 0 radical (unpaired) electrons. The molecule has 6 rings (SSSR count). The zero-order valence-electron chi connectivity index (χ0n) is 28.1. The van der Waals surface area contributed by atoms with Crippen LogP contribution in [-0.4, -0.2) is 70.8 Å². The number of hydrogen-bond donors (Lipinski definition) is 4. The van der Waals surface area contributed by atoms with Crippen LogP contribution >= 0.6 is 23.2 Å². The predicted molar refractivity (Wildman–Crippen MR) is 193 cm³/mol. The van der Waals surface area contributed by atoms with Crippen LogP contribution in [0.5, 0.6) is 5.88 Å². The number of anilines is 1. The number of aromatic nitrogens is 2. The van der Waals surface area contributed by atoms with Gasteiger partial charge in [0.1, 0.15) is 5.54 Å². The number of carbonyl (C=O) groups is 2. The van der Waals surface area contributed by atoms with Crippen molar-refractivity contribution in [3.05, 3.63) is 101 Å². The fourth-order valence-electron chi connectivity index (χ4n) is 6.93. The van der Waals surface area contributed by atoms with Gasteiger partial charge in [-0.3, -0.25) is 14.5 Å². The lowest BCUT2D eigenvalue weighted by molar-refractivity contribution is -0.126. The third kappa shape index (κ3) is 7.37. The maximum Gasteiger partial charge on any atom is 0.222 e. The van der Waals surface area contributed by atoms with Crippen LogP contribution in [0.1, 0.15) is 48.1 Å². The Morgan fingerprint density at radius 3 is 2.58 bits per heavy atom. The van der Waals surface area contributed by atoms with E-state index in [4.69, 9.17) is 32.9 Å². The molecule has 3 aromatic rings. The highest BCUT2D eigenvalue weighted by Gasteiger charge is 2.55. The summed E-state index contributed by atoms with van der Waals surface area (Å²) < 4.78 is 20.5. The van der Waals surface area contributed by atoms with E-state index in [9.17, 15) is 9.59 Å². The van der Waals surface area contributed by atoms with Gasteiger partial charge in [0.05, 0.1) is 12.8 Å². The van der Waals surface area contributed by atoms with Gasteiger partial charge in [-0.25, -0.2) is 14.4 Å². The molecule has 1 unspecified atom stereocenters. The average Bonchev–Trinajstić information content (AvgIpc) is 3.55. The van der Waals surface area contributed by atoms with Gasteiger partial charge in [-0.15, -0.1) is 0 Å². The van der Waals surface area contributed by atoms with Crippen molar-refractivity contribution in [2.45, 2.75) is 54.7 Å². The summed E-state index contributed by atoms with van der Waals surface area (Å²) in [4.78, 5) is 35.2. The van der Waals surface area contributed by atoms with E-state index in [1.807, 2.05) is 48.6 Å². The molecule has 1 aliphatic carbocycles. The van der Waals surface area contributed by atoms with Gasteiger partial charge >= 0.3 is 0 Å². The standard InChI is InChI=1S/C37H42Cl2FN7O3/c1-41-34(49)25-15-19-47(20-16-25)23-27-14-18-43-33(32(27)40)46-36(17-6-9-29(37(36,38)39)24-7-4-3-5-8-24)30-12-10-26(35(45-30)50-2)21-42-22-28-11-13-31(48)44-28/h3-10,12,14,17-18,25,28,42H,11,13,15-16,19-23H2,1-2H3,(H,41,49)(H,43,46)(H,44,48)/t28?,36-/m0/s1. The van der Waals surface area contributed by atoms with Crippen LogP contribution in [0.25, 0.3) is 5.57 Å². The molecule has 2 atom stereocenters. The van der Waals surface area contributed by atoms with Crippen molar-refractivity contribution in [3.63, 3.8) is 0 Å². The monoisotopic (exact) mass is 721 g/mol. The van der Waals surface area contributed by atoms with E-state index in [0.717, 1.165) is 17.5 Å². The molecular formula is C37H42Cl2FN7O3. The van der Waals surface area contributed by atoms with Gasteiger partial charge in [0, 0.05) is 62.4 Å². The molecule has 50 heavy (non-hydrogen) atoms. The summed E-state index contributed by atoms with van der Waals surface area (Å²) in [5.41, 5.74) is 1.53. The van der Waals surface area contributed by atoms with Crippen molar-refractivity contribution >= 4 is 46.4 Å². The first-order valence-electron chi connectivity index (χ1n) is 16.9. The molecule has 1 aromatic carbocycles. The highest BCUT2D eigenvalue weighted by Crippen LogP contribution is 2.54. The molecule has 4 heterocycles. The maximum absolute atomic E-state index is 16.5. The van der Waals surface area contributed by atoms with Crippen LogP contribution in [0.3, 0.4) is 0 Å². The number of nitrogens with zero attached hydrogens (tertiary/aromatic N) is 3. The fraction of sp³-hybridized carbons (Fsp3) is 0.405. The van der Waals surface area contributed by atoms with Crippen LogP contribution in [0.4, 0.5) is 10.2 Å². The van der Waals surface area contributed by atoms with E-state index in [-0.39, 0.29) is 29.6 Å². The number of ether oxygens (including phenoxy) is 1. The lowest BCUT2D eigenvalue weighted by Gasteiger charge is -2.44. The van der Waals surface area contributed by atoms with Crippen molar-refractivity contribution in [2.75, 3.05) is 39.1 Å². The van der Waals surface area contributed by atoms with Crippen molar-refractivity contribution in [2.24, 2.45) is 5.92 Å². The Bertz CT molecular complexity index is 1760. The number of carbonyl (C=O) groups excluding carboxylic acids is 2. The minimum absolute atomic E-state index is 0.0301. The van der Waals surface area contributed by atoms with Gasteiger partial charge in [-0.1, -0.05) is 71.8 Å². The lowest BCUT2D eigenvalue weighted by atomic mass is 9.79. The van der Waals surface area contributed by atoms with Crippen molar-refractivity contribution in [1.82, 2.24) is 30.8 Å². The predicted octanol–water partition coefficient (Wildman–Crippen LogP) is 5.09. The molecule has 10 nitrogen and oxygen atoms in total. The van der Waals surface area contributed by atoms with Crippen LogP contribution < -0.4 is 26.0 Å². The molecule has 4 N–H and O–H groups in total. The third-order valence-electron chi connectivity index (χ3n) is 9.74. The topological polar surface area (TPSA) is 121 Å². The average molecular weight is 723 g/mol. The Hall–Kier alpha value is -4.03. The van der Waals surface area contributed by atoms with E-state index in [2.05, 4.69) is 31.2 Å². The van der Waals surface area contributed by atoms with Crippen LogP contribution in [0, 0.1) is 11.7 Å². The molecule has 13 heteroatoms. The summed E-state index contributed by atoms with van der Waals surface area (Å²) in [6, 6.07) is 15.0. The summed E-state index contributed by atoms with van der Waals surface area (Å²) in [7, 11) is 3.19. The van der Waals surface area contributed by atoms with Gasteiger partial charge in [0.25, 0.3) is 0 Å². The van der Waals surface area contributed by atoms with Crippen LogP contribution in [0.2, 0.25) is 0 Å². The van der Waals surface area contributed by atoms with Gasteiger partial charge in [-0.05, 0) is 61.7 Å². The second kappa shape index (κ2) is 15.5. The number of pyridine rings is 2. The first kappa shape index (κ1) is 35.8. The van der Waals surface area contributed by atoms with Crippen LogP contribution in [-0.2, 0) is 28.2 Å². The van der Waals surface area contributed by atoms with Gasteiger partial charge in [-0.2, -0.15) is 0 Å². The summed E-state index contributed by atoms with van der Waals surface area (Å²) in [5.74, 6) is -0.143. The first-order valence-corrected chi connectivity index (χ1v) is 17.6. The highest BCUT2D eigenvalue weighted by atomic mass is 35.5. The third-order valence-corrected chi connectivity index (χ3v) is 10.7. The van der Waals surface area contributed by atoms with Crippen LogP contribution in [0.15, 0.2) is 73.0 Å². The van der Waals surface area contributed by atoms with Gasteiger partial charge in [0.2, 0.25) is 17.7 Å². The number of nitrogens with one attached hydrogen (secondary N) is 4. The SMILES string of the molecule is CNC(=O)C1CCN(Cc2ccnc(N[C@]3(c4ccc(CNCC5CCC(=O)N5)c(OC)n4)C=CC=C(c4ccccc4)C3(Cl)Cl)c2F)CC1. The molecule has 2 saturated heterocycles. The zero-order valence-corrected chi connectivity index (χ0v) is 29.7.